The number of hydrogen-bond acceptors (Lipinski definition) is 9. The SMILES string of the molecule is C#C.C=CCCC(C=O)n1c(=C)c2cccc(NCCCC3CCN(CC(C)CCC(C)[C@@H](C)c4cnc(CS/C(=C\N=C)C5NC(=C)C(C)C5CC)c5cc(Cl)c(C=C)cc45)CC3)c2c1=C.CN.CNC. The zero-order valence-electron chi connectivity index (χ0n) is 45.2. The molecule has 6 rings (SSSR count). The second-order valence-corrected chi connectivity index (χ2v) is 21.1. The molecule has 0 amide bonds. The first-order valence-electron chi connectivity index (χ1n) is 26.1. The molecular weight excluding hydrogens is 928 g/mol. The summed E-state index contributed by atoms with van der Waals surface area (Å²) < 4.78 is 2.00. The van der Waals surface area contributed by atoms with Gasteiger partial charge in [-0.15, -0.1) is 31.2 Å². The lowest BCUT2D eigenvalue weighted by molar-refractivity contribution is -0.110. The van der Waals surface area contributed by atoms with E-state index in [2.05, 4.69) is 155 Å². The monoisotopic (exact) mass is 1020 g/mol. The Kier molecular flexibility index (Phi) is 27.0. The van der Waals surface area contributed by atoms with Crippen LogP contribution in [0.1, 0.15) is 121 Å². The van der Waals surface area contributed by atoms with Gasteiger partial charge in [-0.25, -0.2) is 0 Å². The minimum atomic E-state index is -0.289. The molecular formula is C61H89ClN8OS. The van der Waals surface area contributed by atoms with E-state index >= 15 is 0 Å². The van der Waals surface area contributed by atoms with Crippen molar-refractivity contribution in [1.29, 1.82) is 0 Å². The largest absolute Gasteiger partial charge is 0.384 e. The number of anilines is 1. The molecule has 2 fully saturated rings. The number of hydrogen-bond donors (Lipinski definition) is 4. The van der Waals surface area contributed by atoms with Crippen molar-refractivity contribution < 1.29 is 4.79 Å². The summed E-state index contributed by atoms with van der Waals surface area (Å²) in [6, 6.07) is 10.5. The highest BCUT2D eigenvalue weighted by molar-refractivity contribution is 8.02. The summed E-state index contributed by atoms with van der Waals surface area (Å²) in [7, 11) is 5.25. The van der Waals surface area contributed by atoms with Crippen LogP contribution in [-0.4, -0.2) is 80.8 Å². The number of halogens is 1. The van der Waals surface area contributed by atoms with Gasteiger partial charge >= 0.3 is 0 Å². The highest BCUT2D eigenvalue weighted by atomic mass is 35.5. The van der Waals surface area contributed by atoms with Crippen molar-refractivity contribution in [3.05, 3.63) is 112 Å². The van der Waals surface area contributed by atoms with Gasteiger partial charge in [0.15, 0.2) is 0 Å². The minimum absolute atomic E-state index is 0.172. The molecule has 6 unspecified atom stereocenters. The lowest BCUT2D eigenvalue weighted by Crippen LogP contribution is -2.36. The Morgan fingerprint density at radius 2 is 1.74 bits per heavy atom. The van der Waals surface area contributed by atoms with Gasteiger partial charge in [-0.3, -0.25) is 9.98 Å². The van der Waals surface area contributed by atoms with E-state index in [-0.39, 0.29) is 12.1 Å². The van der Waals surface area contributed by atoms with E-state index in [0.29, 0.717) is 46.8 Å². The maximum atomic E-state index is 12.0. The van der Waals surface area contributed by atoms with Crippen LogP contribution < -0.4 is 32.4 Å². The van der Waals surface area contributed by atoms with Gasteiger partial charge in [0.05, 0.1) is 17.8 Å². The predicted molar refractivity (Wildman–Crippen MR) is 319 cm³/mol. The Hall–Kier alpha value is -4.89. The molecule has 4 aromatic rings. The van der Waals surface area contributed by atoms with Crippen molar-refractivity contribution in [3.8, 4) is 12.8 Å². The molecule has 0 spiro atoms. The number of piperidine rings is 1. The predicted octanol–water partition coefficient (Wildman–Crippen LogP) is 12.4. The van der Waals surface area contributed by atoms with Gasteiger partial charge in [-0.2, -0.15) is 0 Å². The molecule has 2 saturated heterocycles. The summed E-state index contributed by atoms with van der Waals surface area (Å²) in [5, 5.41) is 17.0. The van der Waals surface area contributed by atoms with Crippen LogP contribution in [0.2, 0.25) is 5.02 Å². The molecule has 7 atom stereocenters. The van der Waals surface area contributed by atoms with Gasteiger partial charge in [0.2, 0.25) is 0 Å². The van der Waals surface area contributed by atoms with Crippen molar-refractivity contribution >= 4 is 82.8 Å². The van der Waals surface area contributed by atoms with Crippen molar-refractivity contribution in [2.24, 2.45) is 40.3 Å². The van der Waals surface area contributed by atoms with Crippen LogP contribution in [0.25, 0.3) is 40.8 Å². The molecule has 0 bridgehead atoms. The summed E-state index contributed by atoms with van der Waals surface area (Å²) in [6.07, 6.45) is 26.6. The van der Waals surface area contributed by atoms with Crippen LogP contribution in [0.5, 0.6) is 0 Å². The smallest absolute Gasteiger partial charge is 0.142 e. The molecule has 0 aliphatic carbocycles. The highest BCUT2D eigenvalue weighted by Crippen LogP contribution is 2.41. The van der Waals surface area contributed by atoms with Crippen molar-refractivity contribution in [1.82, 2.24) is 25.1 Å². The number of aromatic nitrogens is 2. The van der Waals surface area contributed by atoms with Crippen LogP contribution in [0.15, 0.2) is 84.1 Å². The second-order valence-electron chi connectivity index (χ2n) is 19.6. The van der Waals surface area contributed by atoms with Gasteiger partial charge < -0.3 is 35.9 Å². The molecule has 2 aromatic carbocycles. The summed E-state index contributed by atoms with van der Waals surface area (Å²) in [5.74, 6) is 3.80. The Balaban J connectivity index is 0.00000186. The fraction of sp³-hybridized carbons (Fsp3) is 0.492. The first-order chi connectivity index (χ1) is 34.8. The fourth-order valence-electron chi connectivity index (χ4n) is 10.6. The number of thioether (sulfide) groups is 1. The minimum Gasteiger partial charge on any atom is -0.384 e. The Labute approximate surface area is 444 Å². The number of likely N-dealkylation sites (tertiary alicyclic amines) is 1. The summed E-state index contributed by atoms with van der Waals surface area (Å²) in [4.78, 5) is 25.3. The number of nitrogens with two attached hydrogens (primary N) is 1. The fourth-order valence-corrected chi connectivity index (χ4v) is 11.9. The summed E-state index contributed by atoms with van der Waals surface area (Å²) in [5.41, 5.74) is 9.93. The molecule has 5 N–H and O–H groups in total. The Morgan fingerprint density at radius 3 is 2.36 bits per heavy atom. The van der Waals surface area contributed by atoms with E-state index in [9.17, 15) is 4.79 Å². The molecule has 11 heteroatoms. The lowest BCUT2D eigenvalue weighted by atomic mass is 9.82. The number of pyridine rings is 1. The molecule has 2 aliphatic heterocycles. The molecule has 72 heavy (non-hydrogen) atoms. The number of carbonyl (C=O) groups is 1. The van der Waals surface area contributed by atoms with E-state index < -0.39 is 0 Å². The molecule has 392 valence electrons. The average Bonchev–Trinajstić information content (AvgIpc) is 3.83. The first-order valence-corrected chi connectivity index (χ1v) is 27.4. The van der Waals surface area contributed by atoms with E-state index in [1.165, 1.54) is 68.1 Å². The third kappa shape index (κ3) is 15.8. The number of carbonyl (C=O) groups excluding carboxylic acids is 1. The molecule has 2 aliphatic rings. The van der Waals surface area contributed by atoms with E-state index in [1.54, 1.807) is 11.8 Å². The van der Waals surface area contributed by atoms with Gasteiger partial charge in [0, 0.05) is 85.3 Å². The Morgan fingerprint density at radius 1 is 1.04 bits per heavy atom. The zero-order valence-corrected chi connectivity index (χ0v) is 46.8. The topological polar surface area (TPSA) is 113 Å². The van der Waals surface area contributed by atoms with Crippen molar-refractivity contribution in [2.45, 2.75) is 116 Å². The highest BCUT2D eigenvalue weighted by Gasteiger charge is 2.37. The first kappa shape index (κ1) is 61.4. The van der Waals surface area contributed by atoms with Gasteiger partial charge in [-0.05, 0) is 157 Å². The maximum absolute atomic E-state index is 12.0. The number of fused-ring (bicyclic) bond motifs is 2. The zero-order chi connectivity index (χ0) is 53.5. The van der Waals surface area contributed by atoms with Gasteiger partial charge in [-0.1, -0.05) is 103 Å². The number of rotatable bonds is 24. The van der Waals surface area contributed by atoms with E-state index in [1.807, 2.05) is 37.0 Å². The second kappa shape index (κ2) is 31.6. The Bertz CT molecular complexity index is 2540. The number of benzene rings is 2. The van der Waals surface area contributed by atoms with Crippen molar-refractivity contribution in [3.63, 3.8) is 0 Å². The third-order valence-electron chi connectivity index (χ3n) is 14.9. The maximum Gasteiger partial charge on any atom is 0.142 e. The summed E-state index contributed by atoms with van der Waals surface area (Å²) >= 11 is 8.63. The molecule has 4 heterocycles. The standard InChI is InChI=1S/C56H75ClN6OS.C2H7N.C2H2.CH5N/c1-12-15-19-45(34-64)63-41(9)47-20-16-21-52(55(47)42(63)10)59-26-17-18-43-24-27-62(28-25-43)33-36(4)22-23-37(5)38(6)50-31-60-53(49-30-51(57)44(13-2)29-48(49)50)35-65-54(32-58-11)56-46(14-3)39(7)40(8)61-56;1-3-2;2*1-2/h12-13,16,20-21,29-32,34,36-39,43,45-46,56,59,61H,1-2,8-11,14-15,17-19,22-28,33,35H2,3-7H3;3H,1-2H3;1-2H;2H2,1H3/b54-32-;;;/t36?,37?,38-,39?,45?,46?,56?;;;/m1.../s1. The lowest BCUT2D eigenvalue weighted by Gasteiger charge is -2.34. The van der Waals surface area contributed by atoms with E-state index in [4.69, 9.17) is 16.6 Å². The van der Waals surface area contributed by atoms with Crippen LogP contribution in [0.3, 0.4) is 0 Å². The normalized spacial score (nSPS) is 18.8. The number of aldehydes is 1. The molecule has 0 radical (unpaired) electrons. The number of terminal acetylenes is 1. The van der Waals surface area contributed by atoms with Crippen LogP contribution >= 0.6 is 23.4 Å². The molecule has 0 saturated carbocycles. The molecule has 2 aromatic heterocycles. The van der Waals surface area contributed by atoms with Crippen LogP contribution in [0.4, 0.5) is 5.69 Å². The average molecular weight is 1020 g/mol. The van der Waals surface area contributed by atoms with Crippen LogP contribution in [-0.2, 0) is 10.5 Å². The number of nitrogens with zero attached hydrogens (tertiary/aromatic N) is 4. The number of allylic oxidation sites excluding steroid dienone is 2. The number of nitrogens with one attached hydrogen (secondary N) is 3. The van der Waals surface area contributed by atoms with Crippen molar-refractivity contribution in [2.75, 3.05) is 52.6 Å². The van der Waals surface area contributed by atoms with E-state index in [0.717, 1.165) is 94.1 Å². The quantitative estimate of drug-likeness (QED) is 0.0181. The molecule has 9 nitrogen and oxygen atoms in total. The number of aliphatic imine (C=N–C) groups is 1. The van der Waals surface area contributed by atoms with Gasteiger partial charge in [0.25, 0.3) is 0 Å². The summed E-state index contributed by atoms with van der Waals surface area (Å²) in [6.45, 7) is 40.9. The third-order valence-corrected chi connectivity index (χ3v) is 16.4. The van der Waals surface area contributed by atoms with Crippen LogP contribution in [0, 0.1) is 42.4 Å². The van der Waals surface area contributed by atoms with Gasteiger partial charge in [0.1, 0.15) is 6.29 Å².